The van der Waals surface area contributed by atoms with Crippen LogP contribution in [-0.4, -0.2) is 75.0 Å². The van der Waals surface area contributed by atoms with Crippen molar-refractivity contribution in [3.63, 3.8) is 0 Å². The highest BCUT2D eigenvalue weighted by atomic mass is 16.5. The first-order valence-corrected chi connectivity index (χ1v) is 9.62. The quantitative estimate of drug-likeness (QED) is 0.493. The van der Waals surface area contributed by atoms with Crippen LogP contribution >= 0.6 is 0 Å². The van der Waals surface area contributed by atoms with Crippen molar-refractivity contribution >= 4 is 22.5 Å². The Labute approximate surface area is 172 Å². The Kier molecular flexibility index (Phi) is 4.51. The van der Waals surface area contributed by atoms with E-state index in [2.05, 4.69) is 20.0 Å². The lowest BCUT2D eigenvalue weighted by atomic mass is 10.2. The molecule has 0 radical (unpaired) electrons. The molecule has 0 saturated carbocycles. The van der Waals surface area contributed by atoms with Crippen molar-refractivity contribution < 1.29 is 9.26 Å². The van der Waals surface area contributed by atoms with Crippen molar-refractivity contribution in [2.75, 3.05) is 50.2 Å². The molecular weight excluding hydrogens is 386 g/mol. The molecule has 11 nitrogen and oxygen atoms in total. The number of rotatable bonds is 4. The predicted molar refractivity (Wildman–Crippen MR) is 110 cm³/mol. The number of aryl methyl sites for hydroxylation is 1. The van der Waals surface area contributed by atoms with Crippen LogP contribution in [0.15, 0.2) is 29.3 Å². The molecule has 5 rings (SSSR count). The van der Waals surface area contributed by atoms with Gasteiger partial charge in [0.15, 0.2) is 11.6 Å². The molecule has 0 amide bonds. The fraction of sp³-hybridized carbons (Fsp3) is 0.368. The number of ether oxygens (including phenoxy) is 1. The summed E-state index contributed by atoms with van der Waals surface area (Å²) in [7, 11) is 3.93. The van der Waals surface area contributed by atoms with E-state index in [1.54, 1.807) is 24.0 Å². The van der Waals surface area contributed by atoms with Crippen LogP contribution in [0.1, 0.15) is 5.82 Å². The highest BCUT2D eigenvalue weighted by molar-refractivity contribution is 5.97. The zero-order chi connectivity index (χ0) is 20.7. The van der Waals surface area contributed by atoms with Crippen LogP contribution in [0, 0.1) is 6.92 Å². The van der Waals surface area contributed by atoms with Crippen LogP contribution in [0.3, 0.4) is 0 Å². The summed E-state index contributed by atoms with van der Waals surface area (Å²) in [5.41, 5.74) is 2.88. The first-order chi connectivity index (χ1) is 14.6. The molecule has 1 fully saturated rings. The van der Waals surface area contributed by atoms with Gasteiger partial charge >= 0.3 is 0 Å². The van der Waals surface area contributed by atoms with Crippen LogP contribution in [-0.2, 0) is 4.74 Å². The van der Waals surface area contributed by atoms with E-state index in [1.807, 2.05) is 31.3 Å². The number of morpholine rings is 1. The third-order valence-electron chi connectivity index (χ3n) is 4.88. The zero-order valence-corrected chi connectivity index (χ0v) is 17.0. The molecule has 11 heteroatoms. The lowest BCUT2D eigenvalue weighted by Crippen LogP contribution is -2.37. The molecule has 0 N–H and O–H groups in total. The standard InChI is InChI=1S/C19H21N9O2/c1-12-21-18(30-25-12)13-10-14(26(2)3)15-16(22-13)17(27-6-8-29-9-7-27)24-19(23-15)28-5-4-20-11-28/h4-5,10-11H,6-9H2,1-3H3. The molecule has 4 aromatic rings. The number of fused-ring (bicyclic) bond motifs is 1. The molecule has 154 valence electrons. The molecule has 4 aromatic heterocycles. The molecule has 0 atom stereocenters. The summed E-state index contributed by atoms with van der Waals surface area (Å²) in [5, 5.41) is 3.90. The van der Waals surface area contributed by atoms with Gasteiger partial charge in [-0.15, -0.1) is 0 Å². The molecular formula is C19H21N9O2. The number of hydrogen-bond donors (Lipinski definition) is 0. The number of pyridine rings is 1. The van der Waals surface area contributed by atoms with E-state index < -0.39 is 0 Å². The van der Waals surface area contributed by atoms with Crippen molar-refractivity contribution in [1.82, 2.24) is 34.6 Å². The predicted octanol–water partition coefficient (Wildman–Crippen LogP) is 1.47. The average molecular weight is 407 g/mol. The maximum atomic E-state index is 5.53. The normalized spacial score (nSPS) is 14.4. The average Bonchev–Trinajstić information content (AvgIpc) is 3.45. The Morgan fingerprint density at radius 1 is 1.03 bits per heavy atom. The number of hydrogen-bond acceptors (Lipinski definition) is 10. The van der Waals surface area contributed by atoms with Gasteiger partial charge in [-0.2, -0.15) is 9.97 Å². The van der Waals surface area contributed by atoms with Gasteiger partial charge in [-0.3, -0.25) is 4.57 Å². The van der Waals surface area contributed by atoms with Gasteiger partial charge in [0.25, 0.3) is 5.89 Å². The van der Waals surface area contributed by atoms with Gasteiger partial charge in [0, 0.05) is 39.6 Å². The first kappa shape index (κ1) is 18.4. The van der Waals surface area contributed by atoms with Crippen molar-refractivity contribution in [2.24, 2.45) is 0 Å². The summed E-state index contributed by atoms with van der Waals surface area (Å²) >= 11 is 0. The summed E-state index contributed by atoms with van der Waals surface area (Å²) in [4.78, 5) is 27.1. The summed E-state index contributed by atoms with van der Waals surface area (Å²) in [6, 6.07) is 1.91. The second-order valence-electron chi connectivity index (χ2n) is 7.18. The zero-order valence-electron chi connectivity index (χ0n) is 17.0. The molecule has 0 unspecified atom stereocenters. The second-order valence-corrected chi connectivity index (χ2v) is 7.18. The van der Waals surface area contributed by atoms with Crippen molar-refractivity contribution in [2.45, 2.75) is 6.92 Å². The van der Waals surface area contributed by atoms with Gasteiger partial charge < -0.3 is 19.1 Å². The van der Waals surface area contributed by atoms with E-state index in [-0.39, 0.29) is 0 Å². The maximum absolute atomic E-state index is 5.53. The van der Waals surface area contributed by atoms with E-state index in [1.165, 1.54) is 0 Å². The Morgan fingerprint density at radius 3 is 2.53 bits per heavy atom. The SMILES string of the molecule is Cc1noc(-c2cc(N(C)C)c3nc(-n4ccnc4)nc(N4CCOCC4)c3n2)n1. The minimum atomic E-state index is 0.365. The van der Waals surface area contributed by atoms with E-state index in [4.69, 9.17) is 24.2 Å². The smallest absolute Gasteiger partial charge is 0.276 e. The summed E-state index contributed by atoms with van der Waals surface area (Å²) < 4.78 is 12.7. The molecule has 1 saturated heterocycles. The lowest BCUT2D eigenvalue weighted by Gasteiger charge is -2.29. The molecule has 1 aliphatic rings. The molecule has 1 aliphatic heterocycles. The molecule has 0 bridgehead atoms. The van der Waals surface area contributed by atoms with Crippen LogP contribution in [0.25, 0.3) is 28.6 Å². The third-order valence-corrected chi connectivity index (χ3v) is 4.88. The minimum absolute atomic E-state index is 0.365. The summed E-state index contributed by atoms with van der Waals surface area (Å²) in [6.45, 7) is 4.49. The summed E-state index contributed by atoms with van der Waals surface area (Å²) in [6.07, 6.45) is 5.21. The van der Waals surface area contributed by atoms with Crippen molar-refractivity contribution in [3.05, 3.63) is 30.6 Å². The third kappa shape index (κ3) is 3.22. The van der Waals surface area contributed by atoms with Gasteiger partial charge in [-0.05, 0) is 13.0 Å². The van der Waals surface area contributed by atoms with E-state index in [9.17, 15) is 0 Å². The van der Waals surface area contributed by atoms with Gasteiger partial charge in [0.05, 0.1) is 18.9 Å². The van der Waals surface area contributed by atoms with E-state index >= 15 is 0 Å². The minimum Gasteiger partial charge on any atom is -0.378 e. The fourth-order valence-electron chi connectivity index (χ4n) is 3.40. The van der Waals surface area contributed by atoms with Gasteiger partial charge in [0.1, 0.15) is 23.1 Å². The van der Waals surface area contributed by atoms with Crippen LogP contribution in [0.2, 0.25) is 0 Å². The Bertz CT molecular complexity index is 1180. The Hall–Kier alpha value is -3.60. The second kappa shape index (κ2) is 7.34. The Balaban J connectivity index is 1.79. The van der Waals surface area contributed by atoms with Gasteiger partial charge in [0.2, 0.25) is 5.95 Å². The van der Waals surface area contributed by atoms with Crippen LogP contribution < -0.4 is 9.80 Å². The monoisotopic (exact) mass is 407 g/mol. The lowest BCUT2D eigenvalue weighted by molar-refractivity contribution is 0.122. The number of anilines is 2. The highest BCUT2D eigenvalue weighted by Crippen LogP contribution is 2.33. The van der Waals surface area contributed by atoms with Crippen LogP contribution in [0.5, 0.6) is 0 Å². The highest BCUT2D eigenvalue weighted by Gasteiger charge is 2.23. The molecule has 0 spiro atoms. The number of nitrogens with zero attached hydrogens (tertiary/aromatic N) is 9. The molecule has 0 aliphatic carbocycles. The number of imidazole rings is 1. The maximum Gasteiger partial charge on any atom is 0.276 e. The van der Waals surface area contributed by atoms with Crippen molar-refractivity contribution in [1.29, 1.82) is 0 Å². The molecule has 5 heterocycles. The number of aromatic nitrogens is 7. The van der Waals surface area contributed by atoms with Crippen LogP contribution in [0.4, 0.5) is 11.5 Å². The molecule has 30 heavy (non-hydrogen) atoms. The van der Waals surface area contributed by atoms with Crippen molar-refractivity contribution in [3.8, 4) is 17.5 Å². The summed E-state index contributed by atoms with van der Waals surface area (Å²) in [5.74, 6) is 2.20. The van der Waals surface area contributed by atoms with E-state index in [0.29, 0.717) is 42.1 Å². The fourth-order valence-corrected chi connectivity index (χ4v) is 3.40. The molecule has 0 aromatic carbocycles. The Morgan fingerprint density at radius 2 is 1.87 bits per heavy atom. The van der Waals surface area contributed by atoms with Gasteiger partial charge in [-0.1, -0.05) is 5.16 Å². The first-order valence-electron chi connectivity index (χ1n) is 9.62. The largest absolute Gasteiger partial charge is 0.378 e. The van der Waals surface area contributed by atoms with E-state index in [0.717, 1.165) is 30.1 Å². The topological polar surface area (TPSA) is 111 Å². The van der Waals surface area contributed by atoms with Gasteiger partial charge in [-0.25, -0.2) is 15.0 Å².